The molecule has 7 rings (SSSR count). The van der Waals surface area contributed by atoms with Crippen LogP contribution in [-0.4, -0.2) is 75.5 Å². The number of aromatic nitrogens is 2. The van der Waals surface area contributed by atoms with Crippen LogP contribution in [0.1, 0.15) is 69.0 Å². The number of aryl methyl sites for hydroxylation is 1. The van der Waals surface area contributed by atoms with E-state index in [1.165, 1.54) is 0 Å². The molecule has 0 saturated carbocycles. The second kappa shape index (κ2) is 15.7. The molecule has 0 bridgehead atoms. The van der Waals surface area contributed by atoms with Crippen LogP contribution in [0.25, 0.3) is 21.8 Å². The Morgan fingerprint density at radius 1 is 0.796 bits per heavy atom. The van der Waals surface area contributed by atoms with Crippen molar-refractivity contribution < 1.29 is 28.5 Å². The second-order valence-corrected chi connectivity index (χ2v) is 15.1. The standard InChI is InChI=1S/C43H47N5O6/c1-29-45-37-24-39(52-33-18-22-47(23-19-33)42(50)54-43(2,3)4)40(53-34-16-20-46(21-17-34)41(49)51-28-30-10-6-5-7-11-30)25-38(37)48(29)27-32-15-14-31(26-44)35-12-8-9-13-36(32)35/h5-15,24-25,33-34H,16-23,27-28H2,1-4H3. The van der Waals surface area contributed by atoms with Gasteiger partial charge in [0.2, 0.25) is 0 Å². The quantitative estimate of drug-likeness (QED) is 0.156. The average molecular weight is 730 g/mol. The maximum atomic E-state index is 12.9. The topological polar surface area (TPSA) is 119 Å². The van der Waals surface area contributed by atoms with Crippen LogP contribution in [0.3, 0.4) is 0 Å². The molecular formula is C43H47N5O6. The number of amides is 2. The highest BCUT2D eigenvalue weighted by atomic mass is 16.6. The summed E-state index contributed by atoms with van der Waals surface area (Å²) in [5.74, 6) is 2.07. The van der Waals surface area contributed by atoms with E-state index in [2.05, 4.69) is 16.7 Å². The van der Waals surface area contributed by atoms with Gasteiger partial charge in [0.1, 0.15) is 30.2 Å². The van der Waals surface area contributed by atoms with Crippen molar-refractivity contribution in [2.75, 3.05) is 26.2 Å². The fourth-order valence-electron chi connectivity index (χ4n) is 7.21. The smallest absolute Gasteiger partial charge is 0.410 e. The van der Waals surface area contributed by atoms with Gasteiger partial charge in [-0.2, -0.15) is 5.26 Å². The van der Waals surface area contributed by atoms with E-state index in [0.29, 0.717) is 75.5 Å². The van der Waals surface area contributed by atoms with Crippen molar-refractivity contribution in [3.05, 3.63) is 101 Å². The summed E-state index contributed by atoms with van der Waals surface area (Å²) in [5, 5.41) is 11.7. The lowest BCUT2D eigenvalue weighted by molar-refractivity contribution is 0.0120. The monoisotopic (exact) mass is 729 g/mol. The predicted molar refractivity (Wildman–Crippen MR) is 206 cm³/mol. The Morgan fingerprint density at radius 3 is 2.02 bits per heavy atom. The summed E-state index contributed by atoms with van der Waals surface area (Å²) >= 11 is 0. The van der Waals surface area contributed by atoms with E-state index in [4.69, 9.17) is 23.9 Å². The first-order valence-electron chi connectivity index (χ1n) is 18.7. The number of nitrogens with zero attached hydrogens (tertiary/aromatic N) is 5. The van der Waals surface area contributed by atoms with Gasteiger partial charge in [-0.3, -0.25) is 0 Å². The van der Waals surface area contributed by atoms with E-state index in [-0.39, 0.29) is 31.0 Å². The zero-order valence-corrected chi connectivity index (χ0v) is 31.4. The van der Waals surface area contributed by atoms with Gasteiger partial charge in [0.25, 0.3) is 0 Å². The Morgan fingerprint density at radius 2 is 1.39 bits per heavy atom. The summed E-state index contributed by atoms with van der Waals surface area (Å²) in [4.78, 5) is 34.0. The number of piperidine rings is 2. The first-order chi connectivity index (χ1) is 26.0. The van der Waals surface area contributed by atoms with Crippen LogP contribution in [0.4, 0.5) is 9.59 Å². The number of likely N-dealkylation sites (tertiary alicyclic amines) is 2. The van der Waals surface area contributed by atoms with Crippen LogP contribution in [0.15, 0.2) is 78.9 Å². The summed E-state index contributed by atoms with van der Waals surface area (Å²) in [5.41, 5.74) is 3.81. The molecule has 54 heavy (non-hydrogen) atoms. The fraction of sp³-hybridized carbons (Fsp3) is 0.395. The van der Waals surface area contributed by atoms with Gasteiger partial charge in [-0.05, 0) is 55.7 Å². The SMILES string of the molecule is Cc1nc2cc(OC3CCN(C(=O)OC(C)(C)C)CC3)c(OC3CCN(C(=O)OCc4ccccc4)CC3)cc2n1Cc1ccc(C#N)c2ccccc12. The Bertz CT molecular complexity index is 2170. The van der Waals surface area contributed by atoms with Gasteiger partial charge in [-0.25, -0.2) is 14.6 Å². The molecule has 280 valence electrons. The molecule has 0 unspecified atom stereocenters. The number of hydrogen-bond acceptors (Lipinski definition) is 8. The van der Waals surface area contributed by atoms with Gasteiger partial charge in [0.05, 0.1) is 22.7 Å². The van der Waals surface area contributed by atoms with Crippen LogP contribution >= 0.6 is 0 Å². The van der Waals surface area contributed by atoms with Crippen LogP contribution in [-0.2, 0) is 22.6 Å². The van der Waals surface area contributed by atoms with Crippen molar-refractivity contribution in [3.8, 4) is 17.6 Å². The first kappa shape index (κ1) is 36.6. The molecule has 2 aliphatic heterocycles. The molecule has 1 aromatic heterocycles. The molecular weight excluding hydrogens is 683 g/mol. The lowest BCUT2D eigenvalue weighted by atomic mass is 10.00. The number of hydrogen-bond donors (Lipinski definition) is 0. The lowest BCUT2D eigenvalue weighted by Crippen LogP contribution is -2.44. The maximum absolute atomic E-state index is 12.9. The summed E-state index contributed by atoms with van der Waals surface area (Å²) in [7, 11) is 0. The van der Waals surface area contributed by atoms with E-state index in [1.54, 1.807) is 9.80 Å². The normalized spacial score (nSPS) is 15.6. The Labute approximate surface area is 316 Å². The minimum Gasteiger partial charge on any atom is -0.486 e. The highest BCUT2D eigenvalue weighted by Gasteiger charge is 2.30. The van der Waals surface area contributed by atoms with Crippen molar-refractivity contribution in [3.63, 3.8) is 0 Å². The zero-order chi connectivity index (χ0) is 37.8. The highest BCUT2D eigenvalue weighted by Crippen LogP contribution is 2.37. The maximum Gasteiger partial charge on any atom is 0.410 e. The third kappa shape index (κ3) is 8.38. The zero-order valence-electron chi connectivity index (χ0n) is 31.4. The van der Waals surface area contributed by atoms with Gasteiger partial charge in [0.15, 0.2) is 11.5 Å². The third-order valence-electron chi connectivity index (χ3n) is 10.1. The number of ether oxygens (including phenoxy) is 4. The minimum absolute atomic E-state index is 0.127. The number of carbonyl (C=O) groups is 2. The molecule has 3 heterocycles. The second-order valence-electron chi connectivity index (χ2n) is 15.1. The summed E-state index contributed by atoms with van der Waals surface area (Å²) in [6.07, 6.45) is 1.69. The minimum atomic E-state index is -0.556. The molecule has 0 aliphatic carbocycles. The van der Waals surface area contributed by atoms with E-state index in [1.807, 2.05) is 100 Å². The van der Waals surface area contributed by atoms with Crippen molar-refractivity contribution >= 4 is 34.0 Å². The Kier molecular flexibility index (Phi) is 10.6. The van der Waals surface area contributed by atoms with E-state index in [0.717, 1.165) is 38.8 Å². The largest absolute Gasteiger partial charge is 0.486 e. The molecule has 2 saturated heterocycles. The van der Waals surface area contributed by atoms with Crippen LogP contribution in [0.5, 0.6) is 11.5 Å². The molecule has 2 aliphatic rings. The molecule has 0 atom stereocenters. The van der Waals surface area contributed by atoms with E-state index in [9.17, 15) is 14.9 Å². The highest BCUT2D eigenvalue weighted by molar-refractivity contribution is 5.91. The molecule has 2 amide bonds. The summed E-state index contributed by atoms with van der Waals surface area (Å²) in [6.45, 7) is 10.5. The third-order valence-corrected chi connectivity index (χ3v) is 10.1. The molecule has 0 N–H and O–H groups in total. The van der Waals surface area contributed by atoms with Crippen molar-refractivity contribution in [2.45, 2.75) is 84.3 Å². The van der Waals surface area contributed by atoms with Crippen LogP contribution < -0.4 is 9.47 Å². The Balaban J connectivity index is 1.11. The predicted octanol–water partition coefficient (Wildman–Crippen LogP) is 8.38. The molecule has 11 heteroatoms. The molecule has 0 radical (unpaired) electrons. The van der Waals surface area contributed by atoms with Gasteiger partial charge in [-0.1, -0.05) is 60.7 Å². The number of imidazole rings is 1. The van der Waals surface area contributed by atoms with Gasteiger partial charge in [0, 0.05) is 70.5 Å². The van der Waals surface area contributed by atoms with E-state index >= 15 is 0 Å². The van der Waals surface area contributed by atoms with E-state index < -0.39 is 5.60 Å². The Hall–Kier alpha value is -5.76. The van der Waals surface area contributed by atoms with Gasteiger partial charge < -0.3 is 33.3 Å². The van der Waals surface area contributed by atoms with Gasteiger partial charge in [-0.15, -0.1) is 0 Å². The molecule has 5 aromatic rings. The summed E-state index contributed by atoms with van der Waals surface area (Å²) in [6, 6.07) is 27.9. The lowest BCUT2D eigenvalue weighted by Gasteiger charge is -2.34. The first-order valence-corrected chi connectivity index (χ1v) is 18.7. The average Bonchev–Trinajstić information content (AvgIpc) is 3.47. The van der Waals surface area contributed by atoms with Crippen molar-refractivity contribution in [1.29, 1.82) is 5.26 Å². The fourth-order valence-corrected chi connectivity index (χ4v) is 7.21. The molecule has 2 fully saturated rings. The number of nitriles is 1. The van der Waals surface area contributed by atoms with Crippen LogP contribution in [0.2, 0.25) is 0 Å². The number of benzene rings is 4. The van der Waals surface area contributed by atoms with Crippen molar-refractivity contribution in [2.24, 2.45) is 0 Å². The number of fused-ring (bicyclic) bond motifs is 2. The van der Waals surface area contributed by atoms with Gasteiger partial charge >= 0.3 is 12.2 Å². The van der Waals surface area contributed by atoms with Crippen molar-refractivity contribution in [1.82, 2.24) is 19.4 Å². The molecule has 11 nitrogen and oxygen atoms in total. The molecule has 4 aromatic carbocycles. The van der Waals surface area contributed by atoms with Crippen LogP contribution in [0, 0.1) is 18.3 Å². The number of carbonyl (C=O) groups excluding carboxylic acids is 2. The summed E-state index contributed by atoms with van der Waals surface area (Å²) < 4.78 is 26.8. The molecule has 0 spiro atoms. The number of rotatable bonds is 8.